The molecule has 0 spiro atoms. The van der Waals surface area contributed by atoms with Gasteiger partial charge in [-0.3, -0.25) is 4.57 Å². The van der Waals surface area contributed by atoms with Gasteiger partial charge in [-0.25, -0.2) is 4.98 Å². The topological polar surface area (TPSA) is 48.5 Å². The summed E-state index contributed by atoms with van der Waals surface area (Å²) in [6.07, 6.45) is 0. The van der Waals surface area contributed by atoms with E-state index in [4.69, 9.17) is 15.0 Å². The first-order valence-electron chi connectivity index (χ1n) is 17.1. The summed E-state index contributed by atoms with van der Waals surface area (Å²) in [7, 11) is 0. The Balaban J connectivity index is 1.33. The Morgan fingerprint density at radius 3 is 1.55 bits per heavy atom. The molecule has 0 aliphatic rings. The lowest BCUT2D eigenvalue weighted by molar-refractivity contribution is 0.954. The van der Waals surface area contributed by atoms with Crippen molar-refractivity contribution in [3.8, 4) is 34.4 Å². The summed E-state index contributed by atoms with van der Waals surface area (Å²) < 4.78 is 7.28. The molecule has 0 N–H and O–H groups in total. The Labute approximate surface area is 295 Å². The summed E-state index contributed by atoms with van der Waals surface area (Å²) in [4.78, 5) is 15.5. The van der Waals surface area contributed by atoms with Crippen LogP contribution in [0.15, 0.2) is 152 Å². The van der Waals surface area contributed by atoms with E-state index < -0.39 is 0 Å². The molecule has 0 amide bonds. The molecule has 12 rings (SSSR count). The Hall–Kier alpha value is -6.63. The van der Waals surface area contributed by atoms with Gasteiger partial charge in [0.25, 0.3) is 0 Å². The number of hydrogen-bond donors (Lipinski definition) is 0. The number of rotatable bonds is 4. The normalized spacial score (nSPS) is 12.3. The van der Waals surface area contributed by atoms with Crippen LogP contribution >= 0.6 is 11.3 Å². The number of aromatic nitrogens is 5. The Kier molecular flexibility index (Phi) is 5.32. The highest BCUT2D eigenvalue weighted by Gasteiger charge is 2.27. The summed E-state index contributed by atoms with van der Waals surface area (Å²) in [5.74, 6) is 1.90. The third kappa shape index (κ3) is 3.61. The van der Waals surface area contributed by atoms with Crippen LogP contribution in [0.2, 0.25) is 0 Å². The van der Waals surface area contributed by atoms with Gasteiger partial charge in [0.15, 0.2) is 11.6 Å². The zero-order valence-electron chi connectivity index (χ0n) is 27.1. The molecule has 5 nitrogen and oxygen atoms in total. The minimum atomic E-state index is 0.604. The molecule has 236 valence electrons. The second-order valence-corrected chi connectivity index (χ2v) is 14.3. The Morgan fingerprint density at radius 2 is 0.863 bits per heavy atom. The zero-order valence-corrected chi connectivity index (χ0v) is 27.9. The van der Waals surface area contributed by atoms with E-state index in [0.717, 1.165) is 27.8 Å². The van der Waals surface area contributed by atoms with Crippen molar-refractivity contribution < 1.29 is 0 Å². The number of nitrogens with zero attached hydrogens (tertiary/aromatic N) is 5. The molecule has 0 saturated carbocycles. The van der Waals surface area contributed by atoms with Crippen molar-refractivity contribution >= 4 is 85.9 Å². The summed E-state index contributed by atoms with van der Waals surface area (Å²) in [5.41, 5.74) is 7.59. The molecule has 4 heterocycles. The number of hydrogen-bond acceptors (Lipinski definition) is 4. The SMILES string of the molecule is c1ccc(-c2nc(-c3ccccc3)nc(-n3c4ccc5sc6cccc7c8cccc9c8c8c(c4c5c67)c3ccc8n9-c3ccccc3)n2)cc1. The van der Waals surface area contributed by atoms with E-state index in [1.165, 1.54) is 63.5 Å². The molecule has 4 aromatic heterocycles. The lowest BCUT2D eigenvalue weighted by Gasteiger charge is -2.11. The molecule has 0 aliphatic heterocycles. The smallest absolute Gasteiger partial charge is 0.238 e. The number of benzene rings is 7. The molecule has 0 aliphatic carbocycles. The van der Waals surface area contributed by atoms with Crippen LogP contribution in [-0.2, 0) is 0 Å². The van der Waals surface area contributed by atoms with Crippen LogP contribution in [0, 0.1) is 0 Å². The fourth-order valence-electron chi connectivity index (χ4n) is 8.46. The van der Waals surface area contributed by atoms with Gasteiger partial charge in [0.05, 0.1) is 22.1 Å². The van der Waals surface area contributed by atoms with Crippen molar-refractivity contribution in [1.29, 1.82) is 0 Å². The van der Waals surface area contributed by atoms with E-state index in [1.54, 1.807) is 0 Å². The third-order valence-electron chi connectivity index (χ3n) is 10.5. The van der Waals surface area contributed by atoms with E-state index in [-0.39, 0.29) is 0 Å². The van der Waals surface area contributed by atoms with E-state index >= 15 is 0 Å². The van der Waals surface area contributed by atoms with Gasteiger partial charge in [0.1, 0.15) is 0 Å². The second kappa shape index (κ2) is 9.97. The van der Waals surface area contributed by atoms with Crippen molar-refractivity contribution in [1.82, 2.24) is 24.1 Å². The van der Waals surface area contributed by atoms with Crippen LogP contribution in [0.4, 0.5) is 0 Å². The molecule has 0 saturated heterocycles. The van der Waals surface area contributed by atoms with Crippen LogP contribution < -0.4 is 0 Å². The first kappa shape index (κ1) is 27.2. The zero-order chi connectivity index (χ0) is 33.2. The summed E-state index contributed by atoms with van der Waals surface area (Å²) in [6, 6.07) is 53.8. The highest BCUT2D eigenvalue weighted by atomic mass is 32.1. The van der Waals surface area contributed by atoms with E-state index in [0.29, 0.717) is 17.6 Å². The van der Waals surface area contributed by atoms with Gasteiger partial charge in [-0.2, -0.15) is 9.97 Å². The minimum absolute atomic E-state index is 0.604. The van der Waals surface area contributed by atoms with Crippen molar-refractivity contribution in [2.24, 2.45) is 0 Å². The van der Waals surface area contributed by atoms with Crippen molar-refractivity contribution in [3.05, 3.63) is 152 Å². The lowest BCUT2D eigenvalue weighted by Crippen LogP contribution is -2.06. The van der Waals surface area contributed by atoms with Crippen molar-refractivity contribution in [2.45, 2.75) is 0 Å². The number of para-hydroxylation sites is 1. The average Bonchev–Trinajstić information content (AvgIpc) is 3.85. The molecule has 0 radical (unpaired) electrons. The van der Waals surface area contributed by atoms with Crippen LogP contribution in [-0.4, -0.2) is 24.1 Å². The maximum absolute atomic E-state index is 5.25. The summed E-state index contributed by atoms with van der Waals surface area (Å²) in [5, 5.41) is 10.2. The predicted molar refractivity (Wildman–Crippen MR) is 212 cm³/mol. The first-order chi connectivity index (χ1) is 25.3. The Morgan fingerprint density at radius 1 is 0.353 bits per heavy atom. The second-order valence-electron chi connectivity index (χ2n) is 13.2. The first-order valence-corrected chi connectivity index (χ1v) is 17.9. The van der Waals surface area contributed by atoms with E-state index in [9.17, 15) is 0 Å². The van der Waals surface area contributed by atoms with Crippen LogP contribution in [0.5, 0.6) is 0 Å². The van der Waals surface area contributed by atoms with Crippen LogP contribution in [0.25, 0.3) is 109 Å². The lowest BCUT2D eigenvalue weighted by atomic mass is 9.95. The largest absolute Gasteiger partial charge is 0.309 e. The maximum Gasteiger partial charge on any atom is 0.238 e. The van der Waals surface area contributed by atoms with Crippen molar-refractivity contribution in [2.75, 3.05) is 0 Å². The van der Waals surface area contributed by atoms with E-state index in [2.05, 4.69) is 124 Å². The number of fused-ring (bicyclic) bond motifs is 1. The van der Waals surface area contributed by atoms with Gasteiger partial charge in [-0.1, -0.05) is 103 Å². The molecule has 8 aromatic carbocycles. The molecule has 51 heavy (non-hydrogen) atoms. The molecule has 0 bridgehead atoms. The molecular weight excluding hydrogens is 643 g/mol. The monoisotopic (exact) mass is 667 g/mol. The van der Waals surface area contributed by atoms with Crippen LogP contribution in [0.1, 0.15) is 0 Å². The number of thiophene rings is 1. The minimum Gasteiger partial charge on any atom is -0.309 e. The molecule has 12 aromatic rings. The molecule has 0 atom stereocenters. The van der Waals surface area contributed by atoms with Gasteiger partial charge < -0.3 is 4.57 Å². The summed E-state index contributed by atoms with van der Waals surface area (Å²) >= 11 is 1.87. The highest BCUT2D eigenvalue weighted by Crippen LogP contribution is 2.51. The fourth-order valence-corrected chi connectivity index (χ4v) is 9.60. The van der Waals surface area contributed by atoms with Gasteiger partial charge in [-0.15, -0.1) is 11.3 Å². The molecule has 0 fully saturated rings. The van der Waals surface area contributed by atoms with Crippen molar-refractivity contribution in [3.63, 3.8) is 0 Å². The standard InChI is InChI=1S/C45H25N5S/c1-4-12-26(13-5-1)43-46-44(27-14-6-2-7-15-27)48-45(47-43)50-33-23-22-32-39-37-29(18-10-20-31(37)49(32)28-16-8-3-9-17-28)30-19-11-21-35-38(30)42-36(51-35)25-24-34(50)41(42)40(33)39/h1-25H. The van der Waals surface area contributed by atoms with E-state index in [1.807, 2.05) is 47.7 Å². The Bertz CT molecular complexity index is 3230. The summed E-state index contributed by atoms with van der Waals surface area (Å²) in [6.45, 7) is 0. The van der Waals surface area contributed by atoms with Gasteiger partial charge in [0, 0.05) is 58.5 Å². The van der Waals surface area contributed by atoms with Gasteiger partial charge in [-0.05, 0) is 59.3 Å². The predicted octanol–water partition coefficient (Wildman–Crippen LogP) is 11.8. The average molecular weight is 668 g/mol. The van der Waals surface area contributed by atoms with Gasteiger partial charge in [0.2, 0.25) is 5.95 Å². The highest BCUT2D eigenvalue weighted by molar-refractivity contribution is 7.26. The fraction of sp³-hybridized carbons (Fsp3) is 0. The third-order valence-corrected chi connectivity index (χ3v) is 11.6. The quantitative estimate of drug-likeness (QED) is 0.188. The van der Waals surface area contributed by atoms with Gasteiger partial charge >= 0.3 is 0 Å². The molecule has 0 unspecified atom stereocenters. The molecular formula is C45H25N5S. The van der Waals surface area contributed by atoms with Crippen LogP contribution in [0.3, 0.4) is 0 Å². The maximum atomic E-state index is 5.25. The molecule has 6 heteroatoms.